The largest absolute Gasteiger partial charge is 0.508 e. The lowest BCUT2D eigenvalue weighted by Gasteiger charge is -2.09. The molecule has 5 heteroatoms. The molecule has 1 aliphatic rings. The van der Waals surface area contributed by atoms with Crippen LogP contribution in [-0.4, -0.2) is 16.0 Å². The predicted molar refractivity (Wildman–Crippen MR) is 64.3 cm³/mol. The predicted octanol–water partition coefficient (Wildman–Crippen LogP) is 2.77. The molecule has 0 spiro atoms. The standard InChI is InChI=1S/C14H9FO4/c15-9-2-1-3-12-8(9)6-11(18)14-10(17)4-7(16)5-13(14)19-12/h1-5,16-17H,6H2. The zero-order valence-corrected chi connectivity index (χ0v) is 9.68. The quantitative estimate of drug-likeness (QED) is 0.764. The lowest BCUT2D eigenvalue weighted by atomic mass is 10.0. The van der Waals surface area contributed by atoms with Crippen molar-refractivity contribution >= 4 is 5.78 Å². The molecule has 0 saturated heterocycles. The molecule has 0 radical (unpaired) electrons. The summed E-state index contributed by atoms with van der Waals surface area (Å²) in [4.78, 5) is 12.1. The van der Waals surface area contributed by atoms with Gasteiger partial charge in [0.2, 0.25) is 0 Å². The van der Waals surface area contributed by atoms with Crippen LogP contribution in [0, 0.1) is 5.82 Å². The number of rotatable bonds is 0. The maximum absolute atomic E-state index is 13.7. The molecule has 2 aromatic carbocycles. The maximum atomic E-state index is 13.7. The van der Waals surface area contributed by atoms with E-state index in [-0.39, 0.29) is 40.5 Å². The maximum Gasteiger partial charge on any atom is 0.174 e. The summed E-state index contributed by atoms with van der Waals surface area (Å²) in [6.07, 6.45) is -0.201. The summed E-state index contributed by atoms with van der Waals surface area (Å²) in [6.45, 7) is 0. The first-order chi connectivity index (χ1) is 9.06. The van der Waals surface area contributed by atoms with E-state index in [1.807, 2.05) is 0 Å². The zero-order valence-electron chi connectivity index (χ0n) is 9.68. The van der Waals surface area contributed by atoms with E-state index in [1.165, 1.54) is 24.3 Å². The van der Waals surface area contributed by atoms with E-state index in [2.05, 4.69) is 0 Å². The Hall–Kier alpha value is -2.56. The van der Waals surface area contributed by atoms with Crippen LogP contribution in [0.2, 0.25) is 0 Å². The average molecular weight is 260 g/mol. The van der Waals surface area contributed by atoms with Crippen molar-refractivity contribution in [3.63, 3.8) is 0 Å². The fourth-order valence-electron chi connectivity index (χ4n) is 2.12. The van der Waals surface area contributed by atoms with E-state index in [1.54, 1.807) is 0 Å². The first kappa shape index (κ1) is 11.5. The van der Waals surface area contributed by atoms with Crippen molar-refractivity contribution in [2.24, 2.45) is 0 Å². The number of phenolic OH excluding ortho intramolecular Hbond substituents is 2. The smallest absolute Gasteiger partial charge is 0.174 e. The SMILES string of the molecule is O=C1Cc2c(F)cccc2Oc2cc(O)cc(O)c21. The first-order valence-corrected chi connectivity index (χ1v) is 5.60. The number of Topliss-reactive ketones (excluding diaryl/α,β-unsaturated/α-hetero) is 1. The van der Waals surface area contributed by atoms with Gasteiger partial charge in [0.15, 0.2) is 5.78 Å². The van der Waals surface area contributed by atoms with Crippen LogP contribution in [-0.2, 0) is 6.42 Å². The second-order valence-corrected chi connectivity index (χ2v) is 4.26. The summed E-state index contributed by atoms with van der Waals surface area (Å²) in [7, 11) is 0. The van der Waals surface area contributed by atoms with Gasteiger partial charge in [-0.05, 0) is 12.1 Å². The van der Waals surface area contributed by atoms with Gasteiger partial charge in [-0.25, -0.2) is 4.39 Å². The van der Waals surface area contributed by atoms with E-state index in [9.17, 15) is 19.4 Å². The first-order valence-electron chi connectivity index (χ1n) is 5.60. The highest BCUT2D eigenvalue weighted by atomic mass is 19.1. The molecule has 96 valence electrons. The molecule has 0 amide bonds. The van der Waals surface area contributed by atoms with E-state index in [0.717, 1.165) is 6.07 Å². The third kappa shape index (κ3) is 1.79. The molecule has 0 bridgehead atoms. The van der Waals surface area contributed by atoms with Crippen molar-refractivity contribution < 1.29 is 24.1 Å². The number of aromatic hydroxyl groups is 2. The van der Waals surface area contributed by atoms with Gasteiger partial charge < -0.3 is 14.9 Å². The topological polar surface area (TPSA) is 66.8 Å². The molecule has 2 N–H and O–H groups in total. The molecule has 0 atom stereocenters. The van der Waals surface area contributed by atoms with Gasteiger partial charge in [0.05, 0.1) is 0 Å². The van der Waals surface area contributed by atoms with Gasteiger partial charge in [-0.1, -0.05) is 6.07 Å². The summed E-state index contributed by atoms with van der Waals surface area (Å²) in [6, 6.07) is 6.50. The van der Waals surface area contributed by atoms with Crippen molar-refractivity contribution in [1.82, 2.24) is 0 Å². The number of hydrogen-bond acceptors (Lipinski definition) is 4. The Bertz CT molecular complexity index is 694. The van der Waals surface area contributed by atoms with Gasteiger partial charge in [0, 0.05) is 24.1 Å². The number of halogens is 1. The Morgan fingerprint density at radius 2 is 1.95 bits per heavy atom. The van der Waals surface area contributed by atoms with Crippen LogP contribution in [0.4, 0.5) is 4.39 Å². The molecule has 19 heavy (non-hydrogen) atoms. The number of hydrogen-bond donors (Lipinski definition) is 2. The lowest BCUT2D eigenvalue weighted by molar-refractivity contribution is 0.0990. The van der Waals surface area contributed by atoms with Gasteiger partial charge in [-0.2, -0.15) is 0 Å². The molecule has 0 aliphatic carbocycles. The Morgan fingerprint density at radius 3 is 2.74 bits per heavy atom. The van der Waals surface area contributed by atoms with Crippen molar-refractivity contribution in [3.8, 4) is 23.0 Å². The van der Waals surface area contributed by atoms with Gasteiger partial charge in [0.1, 0.15) is 34.4 Å². The second kappa shape index (κ2) is 3.98. The van der Waals surface area contributed by atoms with Gasteiger partial charge in [-0.15, -0.1) is 0 Å². The second-order valence-electron chi connectivity index (χ2n) is 4.26. The van der Waals surface area contributed by atoms with Crippen LogP contribution in [0.1, 0.15) is 15.9 Å². The van der Waals surface area contributed by atoms with Crippen LogP contribution >= 0.6 is 0 Å². The normalized spacial score (nSPS) is 13.2. The Balaban J connectivity index is 2.24. The average Bonchev–Trinajstić information content (AvgIpc) is 2.46. The third-order valence-electron chi connectivity index (χ3n) is 2.98. The molecule has 0 unspecified atom stereocenters. The van der Waals surface area contributed by atoms with E-state index in [0.29, 0.717) is 0 Å². The number of ketones is 1. The van der Waals surface area contributed by atoms with Gasteiger partial charge in [0.25, 0.3) is 0 Å². The van der Waals surface area contributed by atoms with Gasteiger partial charge in [-0.3, -0.25) is 4.79 Å². The molecule has 4 nitrogen and oxygen atoms in total. The van der Waals surface area contributed by atoms with E-state index >= 15 is 0 Å². The van der Waals surface area contributed by atoms with Gasteiger partial charge >= 0.3 is 0 Å². The minimum absolute atomic E-state index is 0.0202. The minimum Gasteiger partial charge on any atom is -0.508 e. The molecule has 0 saturated carbocycles. The summed E-state index contributed by atoms with van der Waals surface area (Å²) >= 11 is 0. The van der Waals surface area contributed by atoms with Crippen LogP contribution in [0.3, 0.4) is 0 Å². The van der Waals surface area contributed by atoms with Crippen molar-refractivity contribution in [2.45, 2.75) is 6.42 Å². The van der Waals surface area contributed by atoms with Crippen LogP contribution in [0.15, 0.2) is 30.3 Å². The lowest BCUT2D eigenvalue weighted by Crippen LogP contribution is -2.03. The van der Waals surface area contributed by atoms with Crippen LogP contribution < -0.4 is 4.74 Å². The number of fused-ring (bicyclic) bond motifs is 2. The Morgan fingerprint density at radius 1 is 1.16 bits per heavy atom. The summed E-state index contributed by atoms with van der Waals surface area (Å²) in [5.74, 6) is -1.39. The molecule has 3 rings (SSSR count). The van der Waals surface area contributed by atoms with Crippen molar-refractivity contribution in [3.05, 3.63) is 47.3 Å². The number of carbonyl (C=O) groups excluding carboxylic acids is 1. The number of benzene rings is 2. The minimum atomic E-state index is -0.539. The molecular formula is C14H9FO4. The highest BCUT2D eigenvalue weighted by molar-refractivity contribution is 6.03. The van der Waals surface area contributed by atoms with E-state index in [4.69, 9.17) is 4.74 Å². The van der Waals surface area contributed by atoms with Crippen molar-refractivity contribution in [2.75, 3.05) is 0 Å². The summed E-state index contributed by atoms with van der Waals surface area (Å²) in [5.41, 5.74) is 0.0935. The third-order valence-corrected chi connectivity index (χ3v) is 2.98. The highest BCUT2D eigenvalue weighted by Gasteiger charge is 2.26. The molecule has 0 fully saturated rings. The van der Waals surface area contributed by atoms with Crippen molar-refractivity contribution in [1.29, 1.82) is 0 Å². The number of carbonyl (C=O) groups is 1. The highest BCUT2D eigenvalue weighted by Crippen LogP contribution is 2.40. The zero-order chi connectivity index (χ0) is 13.6. The Labute approximate surface area is 107 Å². The Kier molecular flexibility index (Phi) is 2.41. The molecule has 1 heterocycles. The molecule has 0 aromatic heterocycles. The molecular weight excluding hydrogens is 251 g/mol. The number of phenols is 2. The van der Waals surface area contributed by atoms with Crippen LogP contribution in [0.25, 0.3) is 0 Å². The van der Waals surface area contributed by atoms with E-state index < -0.39 is 11.6 Å². The fourth-order valence-corrected chi connectivity index (χ4v) is 2.12. The molecule has 1 aliphatic heterocycles. The molecule has 2 aromatic rings. The number of ether oxygens (including phenoxy) is 1. The fraction of sp³-hybridized carbons (Fsp3) is 0.0714. The van der Waals surface area contributed by atoms with Crippen LogP contribution in [0.5, 0.6) is 23.0 Å². The summed E-state index contributed by atoms with van der Waals surface area (Å²) in [5, 5.41) is 19.2. The summed E-state index contributed by atoms with van der Waals surface area (Å²) < 4.78 is 19.1. The monoisotopic (exact) mass is 260 g/mol.